The van der Waals surface area contributed by atoms with Crippen LogP contribution in [0.5, 0.6) is 0 Å². The van der Waals surface area contributed by atoms with Crippen molar-refractivity contribution in [1.29, 1.82) is 0 Å². The molecule has 1 atom stereocenters. The number of fused-ring (bicyclic) bond motifs is 2. The molecule has 44 heavy (non-hydrogen) atoms. The number of hydrogen-bond donors (Lipinski definition) is 0. The summed E-state index contributed by atoms with van der Waals surface area (Å²) in [5.41, 5.74) is 1.48. The molecule has 2 amide bonds. The highest BCUT2D eigenvalue weighted by atomic mass is 35.5. The minimum atomic E-state index is -3.97. The molecule has 3 aliphatic heterocycles. The maximum absolute atomic E-state index is 14.3. The zero-order chi connectivity index (χ0) is 31.2. The van der Waals surface area contributed by atoms with Crippen molar-refractivity contribution in [3.8, 4) is 0 Å². The summed E-state index contributed by atoms with van der Waals surface area (Å²) in [7, 11) is 1.80. The van der Waals surface area contributed by atoms with E-state index < -0.39 is 22.0 Å². The number of oxazole rings is 1. The van der Waals surface area contributed by atoms with Gasteiger partial charge in [0.25, 0.3) is 15.9 Å². The van der Waals surface area contributed by atoms with E-state index in [2.05, 4.69) is 9.88 Å². The quantitative estimate of drug-likeness (QED) is 0.375. The van der Waals surface area contributed by atoms with E-state index in [4.69, 9.17) is 20.8 Å². The molecule has 0 aliphatic carbocycles. The summed E-state index contributed by atoms with van der Waals surface area (Å²) in [6, 6.07) is 4.71. The fourth-order valence-electron chi connectivity index (χ4n) is 6.06. The number of halogens is 1. The molecule has 0 saturated carbocycles. The van der Waals surface area contributed by atoms with Gasteiger partial charge in [-0.05, 0) is 38.7 Å². The van der Waals surface area contributed by atoms with Gasteiger partial charge in [0, 0.05) is 73.9 Å². The number of rotatable bonds is 7. The van der Waals surface area contributed by atoms with Crippen LogP contribution >= 0.6 is 22.9 Å². The summed E-state index contributed by atoms with van der Waals surface area (Å²) >= 11 is 7.46. The molecule has 2 saturated heterocycles. The molecule has 2 fully saturated rings. The van der Waals surface area contributed by atoms with E-state index in [0.29, 0.717) is 62.2 Å². The molecule has 238 valence electrons. The Morgan fingerprint density at radius 3 is 2.66 bits per heavy atom. The van der Waals surface area contributed by atoms with Crippen molar-refractivity contribution < 1.29 is 27.2 Å². The molecule has 2 aromatic heterocycles. The molecule has 1 aromatic carbocycles. The van der Waals surface area contributed by atoms with Crippen molar-refractivity contribution in [3.05, 3.63) is 46.1 Å². The summed E-state index contributed by atoms with van der Waals surface area (Å²) < 4.78 is 42.4. The van der Waals surface area contributed by atoms with Gasteiger partial charge in [0.1, 0.15) is 9.97 Å². The molecule has 0 bridgehead atoms. The van der Waals surface area contributed by atoms with Gasteiger partial charge in [-0.2, -0.15) is 4.31 Å². The Morgan fingerprint density at radius 2 is 1.91 bits per heavy atom. The number of hydrogen-bond acceptors (Lipinski definition) is 10. The van der Waals surface area contributed by atoms with Gasteiger partial charge in [-0.25, -0.2) is 13.4 Å². The van der Waals surface area contributed by atoms with Crippen molar-refractivity contribution in [2.24, 2.45) is 0 Å². The van der Waals surface area contributed by atoms with Crippen LogP contribution in [0.2, 0.25) is 5.02 Å². The number of aromatic nitrogens is 1. The standard InChI is InChI=1S/C29H37ClN6O6S2/c1-32(2)17-22-21-5-4-19(30)14-25(21)43-29(22)44(39,40)35-8-9-36(20(16-35)15-26(37)34-10-12-41-13-11-34)28(38)27-31-23-6-7-33(3)18-24(23)42-27/h4-5,14,20H,6-13,15-18H2,1-3H3. The Balaban J connectivity index is 1.31. The summed E-state index contributed by atoms with van der Waals surface area (Å²) in [5.74, 6) is 0.0831. The first-order valence-corrected chi connectivity index (χ1v) is 17.3. The average Bonchev–Trinajstić information content (AvgIpc) is 3.58. The lowest BCUT2D eigenvalue weighted by molar-refractivity contribution is -0.136. The van der Waals surface area contributed by atoms with Crippen LogP contribution < -0.4 is 0 Å². The summed E-state index contributed by atoms with van der Waals surface area (Å²) in [6.07, 6.45) is 0.663. The molecule has 1 unspecified atom stereocenters. The van der Waals surface area contributed by atoms with E-state index in [1.807, 2.05) is 32.1 Å². The third-order valence-electron chi connectivity index (χ3n) is 8.35. The number of likely N-dealkylation sites (N-methyl/N-ethyl adjacent to an activating group) is 1. The largest absolute Gasteiger partial charge is 0.436 e. The summed E-state index contributed by atoms with van der Waals surface area (Å²) in [5, 5.41) is 1.38. The SMILES string of the molecule is CN(C)Cc1c(S(=O)(=O)N2CCN(C(=O)c3nc4c(o3)CN(C)CC4)C(CC(=O)N3CCOCC3)C2)sc2cc(Cl)ccc12. The summed E-state index contributed by atoms with van der Waals surface area (Å²) in [4.78, 5) is 39.1. The summed E-state index contributed by atoms with van der Waals surface area (Å²) in [6.45, 7) is 3.78. The fraction of sp³-hybridized carbons (Fsp3) is 0.552. The monoisotopic (exact) mass is 664 g/mol. The molecule has 15 heteroatoms. The van der Waals surface area contributed by atoms with Crippen LogP contribution in [0.15, 0.2) is 26.8 Å². The van der Waals surface area contributed by atoms with Crippen molar-refractivity contribution in [2.45, 2.75) is 36.2 Å². The van der Waals surface area contributed by atoms with Gasteiger partial charge in [0.15, 0.2) is 0 Å². The van der Waals surface area contributed by atoms with Gasteiger partial charge in [-0.3, -0.25) is 14.5 Å². The first kappa shape index (κ1) is 31.4. The minimum Gasteiger partial charge on any atom is -0.436 e. The zero-order valence-electron chi connectivity index (χ0n) is 25.1. The van der Waals surface area contributed by atoms with Crippen LogP contribution in [0.3, 0.4) is 0 Å². The molecule has 0 N–H and O–H groups in total. The lowest BCUT2D eigenvalue weighted by Gasteiger charge is -2.40. The third kappa shape index (κ3) is 6.26. The van der Waals surface area contributed by atoms with Crippen LogP contribution in [0, 0.1) is 0 Å². The zero-order valence-corrected chi connectivity index (χ0v) is 27.5. The Labute approximate surface area is 266 Å². The van der Waals surface area contributed by atoms with Crippen LogP contribution in [-0.4, -0.2) is 129 Å². The van der Waals surface area contributed by atoms with Gasteiger partial charge >= 0.3 is 5.91 Å². The van der Waals surface area contributed by atoms with Crippen molar-refractivity contribution in [1.82, 2.24) is 28.9 Å². The molecule has 12 nitrogen and oxygen atoms in total. The highest BCUT2D eigenvalue weighted by Gasteiger charge is 2.41. The number of morpholine rings is 1. The van der Waals surface area contributed by atoms with Gasteiger partial charge in [0.2, 0.25) is 5.91 Å². The van der Waals surface area contributed by atoms with E-state index in [9.17, 15) is 18.0 Å². The van der Waals surface area contributed by atoms with Gasteiger partial charge in [-0.15, -0.1) is 11.3 Å². The number of carbonyl (C=O) groups is 2. The Kier molecular flexibility index (Phi) is 9.03. The molecule has 0 radical (unpaired) electrons. The minimum absolute atomic E-state index is 0.0138. The van der Waals surface area contributed by atoms with Crippen LogP contribution in [0.4, 0.5) is 0 Å². The lowest BCUT2D eigenvalue weighted by Crippen LogP contribution is -2.58. The van der Waals surface area contributed by atoms with E-state index in [0.717, 1.165) is 22.3 Å². The smallest absolute Gasteiger partial charge is 0.310 e. The topological polar surface area (TPSA) is 120 Å². The Morgan fingerprint density at radius 1 is 1.14 bits per heavy atom. The van der Waals surface area contributed by atoms with Crippen molar-refractivity contribution >= 4 is 54.9 Å². The van der Waals surface area contributed by atoms with Crippen molar-refractivity contribution in [2.75, 3.05) is 73.6 Å². The second-order valence-electron chi connectivity index (χ2n) is 11.8. The molecule has 3 aromatic rings. The molecular weight excluding hydrogens is 628 g/mol. The van der Waals surface area contributed by atoms with E-state index in [1.165, 1.54) is 15.6 Å². The van der Waals surface area contributed by atoms with Crippen LogP contribution in [0.25, 0.3) is 10.1 Å². The second-order valence-corrected chi connectivity index (χ2v) is 15.5. The van der Waals surface area contributed by atoms with Gasteiger partial charge in [0.05, 0.1) is 31.5 Å². The first-order valence-electron chi connectivity index (χ1n) is 14.7. The number of nitrogens with zero attached hydrogens (tertiary/aromatic N) is 6. The van der Waals surface area contributed by atoms with E-state index in [1.54, 1.807) is 21.9 Å². The third-order valence-corrected chi connectivity index (χ3v) is 12.2. The maximum Gasteiger partial charge on any atom is 0.310 e. The van der Waals surface area contributed by atoms with Gasteiger partial charge < -0.3 is 23.9 Å². The molecule has 3 aliphatic rings. The van der Waals surface area contributed by atoms with E-state index in [-0.39, 0.29) is 42.1 Å². The number of piperazine rings is 1. The second kappa shape index (κ2) is 12.7. The number of carbonyl (C=O) groups excluding carboxylic acids is 2. The highest BCUT2D eigenvalue weighted by Crippen LogP contribution is 2.39. The fourth-order valence-corrected chi connectivity index (χ4v) is 9.70. The van der Waals surface area contributed by atoms with E-state index >= 15 is 0 Å². The average molecular weight is 665 g/mol. The molecular formula is C29H37ClN6O6S2. The molecule has 0 spiro atoms. The lowest BCUT2D eigenvalue weighted by atomic mass is 10.1. The predicted octanol–water partition coefficient (Wildman–Crippen LogP) is 2.36. The maximum atomic E-state index is 14.3. The predicted molar refractivity (Wildman–Crippen MR) is 166 cm³/mol. The number of benzene rings is 1. The van der Waals surface area contributed by atoms with Gasteiger partial charge in [-0.1, -0.05) is 17.7 Å². The Bertz CT molecular complexity index is 1670. The van der Waals surface area contributed by atoms with Crippen LogP contribution in [0.1, 0.15) is 34.1 Å². The van der Waals surface area contributed by atoms with Crippen LogP contribution in [-0.2, 0) is 39.1 Å². The number of sulfonamides is 1. The molecule has 6 rings (SSSR count). The number of ether oxygens (including phenoxy) is 1. The first-order chi connectivity index (χ1) is 21.0. The normalized spacial score (nSPS) is 20.4. The number of amides is 2. The molecule has 5 heterocycles. The number of thiophene rings is 1. The Hall–Kier alpha value is -2.59. The highest BCUT2D eigenvalue weighted by molar-refractivity contribution is 7.91. The van der Waals surface area contributed by atoms with Crippen molar-refractivity contribution in [3.63, 3.8) is 0 Å².